The summed E-state index contributed by atoms with van der Waals surface area (Å²) in [5, 5.41) is 30.8. The van der Waals surface area contributed by atoms with Crippen LogP contribution >= 0.6 is 11.3 Å². The van der Waals surface area contributed by atoms with E-state index in [4.69, 9.17) is 0 Å². The number of nitrogens with zero attached hydrogens (tertiary/aromatic N) is 3. The second kappa shape index (κ2) is 6.40. The number of benzene rings is 1. The number of hydrogen-bond donors (Lipinski definition) is 0. The van der Waals surface area contributed by atoms with Crippen molar-refractivity contribution in [1.29, 1.82) is 0 Å². The summed E-state index contributed by atoms with van der Waals surface area (Å²) in [6.07, 6.45) is 0.601. The van der Waals surface area contributed by atoms with E-state index in [2.05, 4.69) is 5.10 Å². The Morgan fingerprint density at radius 3 is 2.88 bits per heavy atom. The van der Waals surface area contributed by atoms with Gasteiger partial charge in [-0.05, 0) is 17.0 Å². The van der Waals surface area contributed by atoms with Crippen molar-refractivity contribution in [3.8, 4) is 5.75 Å². The van der Waals surface area contributed by atoms with Crippen LogP contribution < -0.4 is 5.11 Å². The van der Waals surface area contributed by atoms with E-state index in [0.717, 1.165) is 4.88 Å². The van der Waals surface area contributed by atoms with Gasteiger partial charge in [0.1, 0.15) is 0 Å². The van der Waals surface area contributed by atoms with Gasteiger partial charge >= 0.3 is 0 Å². The predicted octanol–water partition coefficient (Wildman–Crippen LogP) is 2.82. The molecule has 0 radical (unpaired) electrons. The molecular formula is C16H14N3O4S-. The third-order valence-corrected chi connectivity index (χ3v) is 4.76. The van der Waals surface area contributed by atoms with Gasteiger partial charge in [-0.15, -0.1) is 17.1 Å². The Labute approximate surface area is 142 Å². The zero-order valence-electron chi connectivity index (χ0n) is 12.8. The molecule has 0 saturated carbocycles. The maximum absolute atomic E-state index is 12.2. The van der Waals surface area contributed by atoms with Crippen molar-refractivity contribution in [3.05, 3.63) is 56.3 Å². The summed E-state index contributed by atoms with van der Waals surface area (Å²) in [6, 6.07) is 6.76. The fraction of sp³-hybridized carbons (Fsp3) is 0.250. The van der Waals surface area contributed by atoms with Crippen molar-refractivity contribution in [2.45, 2.75) is 25.8 Å². The van der Waals surface area contributed by atoms with Crippen LogP contribution in [0.25, 0.3) is 0 Å². The standard InChI is InChI=1S/C16H15N3O4S/c1-2-16(21)18-13(9-12(17-18)15-4-3-7-24-15)11-8-10(19(22)23)5-6-14(11)20/h3-8,13,20H,2,9H2,1H3/p-1/t13-/m0/s1. The smallest absolute Gasteiger partial charge is 0.269 e. The SMILES string of the molecule is CCC(=O)N1N=C(c2cccs2)C[C@H]1c1cc([N+](=O)[O-])ccc1[O-]. The van der Waals surface area contributed by atoms with Gasteiger partial charge in [0.05, 0.1) is 21.6 Å². The topological polar surface area (TPSA) is 98.9 Å². The number of carbonyl (C=O) groups is 1. The summed E-state index contributed by atoms with van der Waals surface area (Å²) in [6.45, 7) is 1.71. The maximum atomic E-state index is 12.2. The largest absolute Gasteiger partial charge is 0.872 e. The van der Waals surface area contributed by atoms with Crippen LogP contribution in [0, 0.1) is 10.1 Å². The zero-order chi connectivity index (χ0) is 17.3. The van der Waals surface area contributed by atoms with Crippen molar-refractivity contribution in [2.75, 3.05) is 0 Å². The van der Waals surface area contributed by atoms with Gasteiger partial charge in [0.25, 0.3) is 5.69 Å². The molecule has 24 heavy (non-hydrogen) atoms. The lowest BCUT2D eigenvalue weighted by Crippen LogP contribution is -2.26. The highest BCUT2D eigenvalue weighted by molar-refractivity contribution is 7.12. The first kappa shape index (κ1) is 16.1. The Bertz CT molecular complexity index is 817. The van der Waals surface area contributed by atoms with Crippen molar-refractivity contribution in [1.82, 2.24) is 5.01 Å². The Morgan fingerprint density at radius 1 is 1.46 bits per heavy atom. The Morgan fingerprint density at radius 2 is 2.25 bits per heavy atom. The number of non-ortho nitro benzene ring substituents is 1. The van der Waals surface area contributed by atoms with Crippen LogP contribution in [0.1, 0.15) is 36.2 Å². The third-order valence-electron chi connectivity index (χ3n) is 3.84. The van der Waals surface area contributed by atoms with Gasteiger partial charge in [0.15, 0.2) is 0 Å². The molecule has 0 bridgehead atoms. The second-order valence-corrected chi connectivity index (χ2v) is 6.26. The molecule has 0 unspecified atom stereocenters. The number of amides is 1. The molecule has 1 atom stereocenters. The van der Waals surface area contributed by atoms with Crippen LogP contribution in [0.2, 0.25) is 0 Å². The molecule has 124 valence electrons. The molecule has 0 saturated heterocycles. The molecule has 2 aromatic rings. The van der Waals surface area contributed by atoms with Crippen LogP contribution in [-0.2, 0) is 4.79 Å². The first-order chi connectivity index (χ1) is 11.5. The Kier molecular flexibility index (Phi) is 4.30. The normalized spacial score (nSPS) is 17.0. The van der Waals surface area contributed by atoms with Gasteiger partial charge in [-0.2, -0.15) is 5.10 Å². The molecule has 1 aliphatic heterocycles. The zero-order valence-corrected chi connectivity index (χ0v) is 13.7. The monoisotopic (exact) mass is 344 g/mol. The molecule has 1 aromatic heterocycles. The maximum Gasteiger partial charge on any atom is 0.269 e. The molecule has 0 aliphatic carbocycles. The van der Waals surface area contributed by atoms with Gasteiger partial charge in [0.2, 0.25) is 5.91 Å². The molecule has 1 amide bonds. The highest BCUT2D eigenvalue weighted by atomic mass is 32.1. The van der Waals surface area contributed by atoms with E-state index in [1.807, 2.05) is 17.5 Å². The van der Waals surface area contributed by atoms with E-state index >= 15 is 0 Å². The van der Waals surface area contributed by atoms with Crippen molar-refractivity contribution >= 4 is 28.6 Å². The summed E-state index contributed by atoms with van der Waals surface area (Å²) in [5.41, 5.74) is 0.766. The van der Waals surface area contributed by atoms with Gasteiger partial charge in [-0.1, -0.05) is 19.1 Å². The number of hydrogen-bond acceptors (Lipinski definition) is 6. The minimum Gasteiger partial charge on any atom is -0.872 e. The molecule has 0 N–H and O–H groups in total. The Balaban J connectivity index is 2.02. The second-order valence-electron chi connectivity index (χ2n) is 5.32. The third kappa shape index (κ3) is 2.88. The lowest BCUT2D eigenvalue weighted by atomic mass is 9.99. The van der Waals surface area contributed by atoms with E-state index in [-0.39, 0.29) is 29.3 Å². The minimum atomic E-state index is -0.609. The molecule has 1 aliphatic rings. The first-order valence-corrected chi connectivity index (χ1v) is 8.28. The van der Waals surface area contributed by atoms with Gasteiger partial charge < -0.3 is 5.11 Å². The number of thiophene rings is 1. The van der Waals surface area contributed by atoms with Gasteiger partial charge in [0, 0.05) is 25.0 Å². The number of nitro benzene ring substituents is 1. The minimum absolute atomic E-state index is 0.168. The van der Waals surface area contributed by atoms with E-state index in [0.29, 0.717) is 12.1 Å². The number of rotatable bonds is 4. The lowest BCUT2D eigenvalue weighted by molar-refractivity contribution is -0.385. The summed E-state index contributed by atoms with van der Waals surface area (Å²) in [7, 11) is 0. The summed E-state index contributed by atoms with van der Waals surface area (Å²) >= 11 is 1.50. The van der Waals surface area contributed by atoms with E-state index < -0.39 is 11.0 Å². The van der Waals surface area contributed by atoms with Crippen LogP contribution in [0.3, 0.4) is 0 Å². The molecule has 7 nitrogen and oxygen atoms in total. The fourth-order valence-corrected chi connectivity index (χ4v) is 3.37. The average Bonchev–Trinajstić information content (AvgIpc) is 3.23. The van der Waals surface area contributed by atoms with E-state index in [1.165, 1.54) is 34.5 Å². The van der Waals surface area contributed by atoms with Crippen LogP contribution in [0.4, 0.5) is 5.69 Å². The highest BCUT2D eigenvalue weighted by Crippen LogP contribution is 2.38. The van der Waals surface area contributed by atoms with Crippen LogP contribution in [-0.4, -0.2) is 21.6 Å². The molecule has 2 heterocycles. The molecule has 3 rings (SSSR count). The molecule has 8 heteroatoms. The highest BCUT2D eigenvalue weighted by Gasteiger charge is 2.33. The Hall–Kier alpha value is -2.74. The van der Waals surface area contributed by atoms with Crippen molar-refractivity contribution in [2.24, 2.45) is 5.10 Å². The first-order valence-electron chi connectivity index (χ1n) is 7.40. The van der Waals surface area contributed by atoms with Crippen LogP contribution in [0.15, 0.2) is 40.8 Å². The molecule has 0 spiro atoms. The van der Waals surface area contributed by atoms with Gasteiger partial charge in [-0.25, -0.2) is 5.01 Å². The van der Waals surface area contributed by atoms with E-state index in [1.54, 1.807) is 6.92 Å². The van der Waals surface area contributed by atoms with Gasteiger partial charge in [-0.3, -0.25) is 14.9 Å². The summed E-state index contributed by atoms with van der Waals surface area (Å²) in [4.78, 5) is 23.6. The van der Waals surface area contributed by atoms with Crippen molar-refractivity contribution in [3.63, 3.8) is 0 Å². The molecule has 0 fully saturated rings. The fourth-order valence-electron chi connectivity index (χ4n) is 2.65. The molecular weight excluding hydrogens is 330 g/mol. The number of carbonyl (C=O) groups excluding carboxylic acids is 1. The predicted molar refractivity (Wildman–Crippen MR) is 87.9 cm³/mol. The quantitative estimate of drug-likeness (QED) is 0.629. The van der Waals surface area contributed by atoms with Crippen molar-refractivity contribution < 1.29 is 14.8 Å². The average molecular weight is 344 g/mol. The lowest BCUT2D eigenvalue weighted by Gasteiger charge is -2.25. The van der Waals surface area contributed by atoms with E-state index in [9.17, 15) is 20.0 Å². The summed E-state index contributed by atoms with van der Waals surface area (Å²) in [5.74, 6) is -0.556. The summed E-state index contributed by atoms with van der Waals surface area (Å²) < 4.78 is 0. The van der Waals surface area contributed by atoms with Crippen LogP contribution in [0.5, 0.6) is 5.75 Å². The molecule has 1 aromatic carbocycles. The number of hydrazone groups is 1. The number of nitro groups is 1.